The van der Waals surface area contributed by atoms with Crippen LogP contribution < -0.4 is 20.3 Å². The number of hydrogen-bond donors (Lipinski definition) is 0. The van der Waals surface area contributed by atoms with Gasteiger partial charge in [0.25, 0.3) is 0 Å². The first-order valence-electron chi connectivity index (χ1n) is 11.7. The largest absolute Gasteiger partial charge is 0.376 e. The van der Waals surface area contributed by atoms with Crippen LogP contribution in [0, 0.1) is 0 Å². The van der Waals surface area contributed by atoms with Crippen molar-refractivity contribution in [3.63, 3.8) is 0 Å². The second kappa shape index (κ2) is 5.44. The molecule has 33 heavy (non-hydrogen) atoms. The average molecular weight is 417 g/mol. The topological polar surface area (TPSA) is 7.12 Å². The van der Waals surface area contributed by atoms with Crippen molar-refractivity contribution in [2.24, 2.45) is 0 Å². The van der Waals surface area contributed by atoms with Crippen LogP contribution in [-0.4, -0.2) is 6.85 Å². The smallest absolute Gasteiger partial charge is 0.335 e. The first-order chi connectivity index (χ1) is 16.4. The van der Waals surface area contributed by atoms with E-state index in [2.05, 4.69) is 107 Å². The molecule has 0 spiro atoms. The van der Waals surface area contributed by atoms with E-state index >= 15 is 0 Å². The van der Waals surface area contributed by atoms with Crippen molar-refractivity contribution < 1.29 is 4.57 Å². The Morgan fingerprint density at radius 3 is 2.18 bits per heavy atom. The van der Waals surface area contributed by atoms with Crippen molar-refractivity contribution in [2.75, 3.05) is 4.81 Å². The van der Waals surface area contributed by atoms with Gasteiger partial charge in [-0.05, 0) is 44.5 Å². The lowest BCUT2D eigenvalue weighted by molar-refractivity contribution is -0.671. The van der Waals surface area contributed by atoms with Gasteiger partial charge in [-0.25, -0.2) is 0 Å². The second-order valence-corrected chi connectivity index (χ2v) is 9.54. The molecule has 6 aromatic rings. The molecule has 2 nitrogen and oxygen atoms in total. The molecule has 9 rings (SSSR count). The zero-order chi connectivity index (χ0) is 21.3. The second-order valence-electron chi connectivity index (χ2n) is 9.54. The summed E-state index contributed by atoms with van der Waals surface area (Å²) in [7, 11) is 0. The third-order valence-corrected chi connectivity index (χ3v) is 8.07. The van der Waals surface area contributed by atoms with E-state index < -0.39 is 0 Å². The minimum atomic E-state index is 0.177. The standard InChI is InChI=1S/C30H18BN2/c1-2-9-20-19(8-1)21-10-4-12-23-28(21)29-22(20)11-5-15-26(29)33-25-14-3-7-18-17-32-16-6-13-24(31(23)33)30(32)27(18)25/h1-16H,17H2/q+1. The zero-order valence-electron chi connectivity index (χ0n) is 17.9. The van der Waals surface area contributed by atoms with E-state index in [1.807, 2.05) is 0 Å². The lowest BCUT2D eigenvalue weighted by atomic mass is 9.44. The van der Waals surface area contributed by atoms with Crippen LogP contribution >= 0.6 is 0 Å². The van der Waals surface area contributed by atoms with E-state index in [0.717, 1.165) is 6.54 Å². The molecule has 0 fully saturated rings. The quantitative estimate of drug-likeness (QED) is 0.191. The van der Waals surface area contributed by atoms with Crippen LogP contribution in [0.2, 0.25) is 0 Å². The normalized spacial score (nSPS) is 14.4. The molecule has 0 saturated heterocycles. The predicted octanol–water partition coefficient (Wildman–Crippen LogP) is 5.03. The zero-order valence-corrected chi connectivity index (χ0v) is 17.9. The summed E-state index contributed by atoms with van der Waals surface area (Å²) in [5, 5.41) is 8.21. The molecule has 150 valence electrons. The number of benzene rings is 5. The lowest BCUT2D eigenvalue weighted by Gasteiger charge is -2.40. The summed E-state index contributed by atoms with van der Waals surface area (Å²) in [6.07, 6.45) is 2.24. The minimum Gasteiger partial charge on any atom is -0.376 e. The Kier molecular flexibility index (Phi) is 2.72. The highest BCUT2D eigenvalue weighted by atomic mass is 15.1. The SMILES string of the molecule is c1cc2c3c(c1)N1B(c4ccc[n+](c4-3)C2)c2cccc3c4ccccc4c4cccc1c4c23. The molecule has 1 aromatic heterocycles. The summed E-state index contributed by atoms with van der Waals surface area (Å²) in [5.74, 6) is 0. The molecule has 0 saturated carbocycles. The van der Waals surface area contributed by atoms with Gasteiger partial charge in [-0.2, -0.15) is 4.57 Å². The van der Waals surface area contributed by atoms with Crippen LogP contribution in [0.15, 0.2) is 97.2 Å². The van der Waals surface area contributed by atoms with Gasteiger partial charge in [-0.15, -0.1) is 0 Å². The molecule has 3 aliphatic heterocycles. The van der Waals surface area contributed by atoms with Gasteiger partial charge in [0, 0.05) is 33.9 Å². The number of rotatable bonds is 0. The molecule has 3 heteroatoms. The predicted molar refractivity (Wildman–Crippen MR) is 137 cm³/mol. The molecule has 0 unspecified atom stereocenters. The molecule has 3 aliphatic rings. The fourth-order valence-electron chi connectivity index (χ4n) is 6.92. The highest BCUT2D eigenvalue weighted by Gasteiger charge is 2.47. The Bertz CT molecular complexity index is 1730. The maximum absolute atomic E-state index is 2.62. The molecule has 0 amide bonds. The Hall–Kier alpha value is -4.11. The Balaban J connectivity index is 1.57. The van der Waals surface area contributed by atoms with Crippen LogP contribution in [0.3, 0.4) is 0 Å². The number of nitrogens with zero attached hydrogens (tertiary/aromatic N) is 2. The molecular weight excluding hydrogens is 399 g/mol. The Labute approximate surface area is 191 Å². The summed E-state index contributed by atoms with van der Waals surface area (Å²) in [5.41, 5.74) is 9.74. The van der Waals surface area contributed by atoms with E-state index in [9.17, 15) is 0 Å². The molecule has 0 N–H and O–H groups in total. The molecule has 0 radical (unpaired) electrons. The number of hydrogen-bond acceptors (Lipinski definition) is 1. The third kappa shape index (κ3) is 1.77. The van der Waals surface area contributed by atoms with Crippen LogP contribution in [0.25, 0.3) is 43.6 Å². The van der Waals surface area contributed by atoms with Crippen LogP contribution in [0.4, 0.5) is 11.4 Å². The van der Waals surface area contributed by atoms with Gasteiger partial charge in [0.15, 0.2) is 12.7 Å². The summed E-state index contributed by atoms with van der Waals surface area (Å²) in [4.78, 5) is 2.62. The van der Waals surface area contributed by atoms with Crippen molar-refractivity contribution in [3.05, 3.63) is 103 Å². The number of anilines is 2. The summed E-state index contributed by atoms with van der Waals surface area (Å²) >= 11 is 0. The van der Waals surface area contributed by atoms with E-state index in [-0.39, 0.29) is 6.85 Å². The summed E-state index contributed by atoms with van der Waals surface area (Å²) < 4.78 is 2.44. The Morgan fingerprint density at radius 2 is 1.30 bits per heavy atom. The monoisotopic (exact) mass is 417 g/mol. The maximum Gasteiger partial charge on any atom is 0.335 e. The van der Waals surface area contributed by atoms with Crippen molar-refractivity contribution >= 4 is 61.5 Å². The fourth-order valence-corrected chi connectivity index (χ4v) is 6.92. The first kappa shape index (κ1) is 16.5. The van der Waals surface area contributed by atoms with E-state index in [1.54, 1.807) is 0 Å². The molecule has 0 atom stereocenters. The molecule has 0 aliphatic carbocycles. The van der Waals surface area contributed by atoms with Crippen LogP contribution in [-0.2, 0) is 6.54 Å². The molecular formula is C30H18BN2+. The van der Waals surface area contributed by atoms with Crippen molar-refractivity contribution in [1.82, 2.24) is 0 Å². The first-order valence-corrected chi connectivity index (χ1v) is 11.7. The lowest BCUT2D eigenvalue weighted by Crippen LogP contribution is -2.60. The fraction of sp³-hybridized carbons (Fsp3) is 0.0333. The number of pyridine rings is 1. The van der Waals surface area contributed by atoms with E-state index in [1.165, 1.54) is 71.4 Å². The van der Waals surface area contributed by atoms with Gasteiger partial charge in [0.1, 0.15) is 0 Å². The van der Waals surface area contributed by atoms with Gasteiger partial charge in [-0.3, -0.25) is 0 Å². The van der Waals surface area contributed by atoms with Crippen molar-refractivity contribution in [1.29, 1.82) is 0 Å². The Morgan fingerprint density at radius 1 is 0.606 bits per heavy atom. The average Bonchev–Trinajstić information content (AvgIpc) is 3.27. The molecule has 5 aromatic carbocycles. The van der Waals surface area contributed by atoms with E-state index in [4.69, 9.17) is 0 Å². The summed E-state index contributed by atoms with van der Waals surface area (Å²) in [6, 6.07) is 34.1. The highest BCUT2D eigenvalue weighted by molar-refractivity contribution is 6.93. The van der Waals surface area contributed by atoms with Gasteiger partial charge < -0.3 is 4.81 Å². The minimum absolute atomic E-state index is 0.177. The molecule has 0 bridgehead atoms. The van der Waals surface area contributed by atoms with Crippen molar-refractivity contribution in [3.8, 4) is 11.3 Å². The highest BCUT2D eigenvalue weighted by Crippen LogP contribution is 2.49. The molecule has 4 heterocycles. The third-order valence-electron chi connectivity index (χ3n) is 8.07. The number of fused-ring (bicyclic) bond motifs is 8. The van der Waals surface area contributed by atoms with Gasteiger partial charge in [0.2, 0.25) is 5.69 Å². The van der Waals surface area contributed by atoms with Gasteiger partial charge in [-0.1, -0.05) is 72.8 Å². The van der Waals surface area contributed by atoms with Crippen LogP contribution in [0.5, 0.6) is 0 Å². The van der Waals surface area contributed by atoms with Crippen LogP contribution in [0.1, 0.15) is 5.56 Å². The number of aromatic nitrogens is 1. The van der Waals surface area contributed by atoms with Gasteiger partial charge in [0.05, 0.1) is 5.56 Å². The van der Waals surface area contributed by atoms with Crippen molar-refractivity contribution in [2.45, 2.75) is 6.54 Å². The summed E-state index contributed by atoms with van der Waals surface area (Å²) in [6.45, 7) is 1.13. The van der Waals surface area contributed by atoms with E-state index in [0.29, 0.717) is 0 Å². The maximum atomic E-state index is 2.62. The van der Waals surface area contributed by atoms with Gasteiger partial charge >= 0.3 is 6.85 Å².